The molecule has 2 rings (SSSR count). The Kier molecular flexibility index (Phi) is 5.46. The molecule has 106 valence electrons. The predicted molar refractivity (Wildman–Crippen MR) is 85.8 cm³/mol. The molecule has 0 aliphatic rings. The van der Waals surface area contributed by atoms with Gasteiger partial charge in [-0.1, -0.05) is 60.7 Å². The van der Waals surface area contributed by atoms with Crippen LogP contribution < -0.4 is 10.6 Å². The molecular weight excluding hydrogens is 287 g/mol. The smallest absolute Gasteiger partial charge is 0.390 e. The van der Waals surface area contributed by atoms with Gasteiger partial charge in [0.2, 0.25) is 0 Å². The number of benzene rings is 2. The fraction of sp³-hybridized carbons (Fsp3) is 0.200. The van der Waals surface area contributed by atoms with E-state index in [0.29, 0.717) is 6.42 Å². The Morgan fingerprint density at radius 2 is 1.20 bits per heavy atom. The van der Waals surface area contributed by atoms with E-state index in [-0.39, 0.29) is 6.04 Å². The van der Waals surface area contributed by atoms with E-state index in [1.807, 2.05) is 36.4 Å². The van der Waals surface area contributed by atoms with Gasteiger partial charge in [-0.2, -0.15) is 0 Å². The third-order valence-corrected chi connectivity index (χ3v) is 6.66. The highest BCUT2D eigenvalue weighted by atomic mass is 31.1. The minimum absolute atomic E-state index is 0.103. The van der Waals surface area contributed by atoms with Crippen molar-refractivity contribution < 1.29 is 14.4 Å². The van der Waals surface area contributed by atoms with Crippen molar-refractivity contribution in [1.29, 1.82) is 0 Å². The Hall–Kier alpha value is -1.03. The maximum absolute atomic E-state index is 9.13. The monoisotopic (exact) mass is 306 g/mol. The molecule has 3 nitrogen and oxygen atoms in total. The van der Waals surface area contributed by atoms with Crippen molar-refractivity contribution in [1.82, 2.24) is 0 Å². The van der Waals surface area contributed by atoms with Crippen molar-refractivity contribution >= 4 is 27.3 Å². The second-order valence-corrected chi connectivity index (χ2v) is 9.09. The van der Waals surface area contributed by atoms with Crippen molar-refractivity contribution in [3.05, 3.63) is 60.7 Å². The lowest BCUT2D eigenvalue weighted by molar-refractivity contribution is 0.227. The SMILES string of the molecule is O[Si](O)(O)CCCP(c1ccccc1)c1ccccc1. The van der Waals surface area contributed by atoms with Crippen molar-refractivity contribution in [2.45, 2.75) is 12.5 Å². The van der Waals surface area contributed by atoms with E-state index in [4.69, 9.17) is 14.4 Å². The van der Waals surface area contributed by atoms with Crippen LogP contribution in [-0.2, 0) is 0 Å². The molecule has 2 aromatic rings. The molecule has 0 unspecified atom stereocenters. The van der Waals surface area contributed by atoms with Crippen LogP contribution in [0.1, 0.15) is 6.42 Å². The zero-order chi connectivity index (χ0) is 14.4. The lowest BCUT2D eigenvalue weighted by atomic mass is 10.4. The van der Waals surface area contributed by atoms with Crippen LogP contribution in [-0.4, -0.2) is 29.4 Å². The second-order valence-electron chi connectivity index (χ2n) is 4.70. The van der Waals surface area contributed by atoms with Gasteiger partial charge < -0.3 is 14.4 Å². The molecular formula is C15H19O3PSi. The average molecular weight is 306 g/mol. The van der Waals surface area contributed by atoms with Crippen LogP contribution in [0.25, 0.3) is 0 Å². The molecule has 20 heavy (non-hydrogen) atoms. The summed E-state index contributed by atoms with van der Waals surface area (Å²) in [6, 6.07) is 20.6. The first-order chi connectivity index (χ1) is 9.56. The zero-order valence-electron chi connectivity index (χ0n) is 11.2. The molecule has 2 aromatic carbocycles. The summed E-state index contributed by atoms with van der Waals surface area (Å²) in [6.45, 7) is 0. The van der Waals surface area contributed by atoms with Crippen molar-refractivity contribution in [3.63, 3.8) is 0 Å². The second kappa shape index (κ2) is 7.11. The highest BCUT2D eigenvalue weighted by Crippen LogP contribution is 2.34. The lowest BCUT2D eigenvalue weighted by Crippen LogP contribution is -2.34. The average Bonchev–Trinajstić information content (AvgIpc) is 2.44. The van der Waals surface area contributed by atoms with E-state index in [0.717, 1.165) is 6.16 Å². The summed E-state index contributed by atoms with van der Waals surface area (Å²) in [5, 5.41) is 2.55. The van der Waals surface area contributed by atoms with Gasteiger partial charge in [0.1, 0.15) is 0 Å². The maximum Gasteiger partial charge on any atom is 0.492 e. The highest BCUT2D eigenvalue weighted by Gasteiger charge is 2.26. The standard InChI is InChI=1S/C15H19O3PSi/c16-20(17,18)13-7-12-19(14-8-3-1-4-9-14)15-10-5-2-6-11-15/h1-6,8-11,16-18H,7,12-13H2. The molecule has 3 N–H and O–H groups in total. The molecule has 0 aliphatic heterocycles. The van der Waals surface area contributed by atoms with Crippen LogP contribution in [0.4, 0.5) is 0 Å². The molecule has 0 aromatic heterocycles. The Morgan fingerprint density at radius 3 is 1.60 bits per heavy atom. The topological polar surface area (TPSA) is 60.7 Å². The van der Waals surface area contributed by atoms with Gasteiger partial charge in [-0.05, 0) is 31.1 Å². The Balaban J connectivity index is 2.13. The van der Waals surface area contributed by atoms with Gasteiger partial charge in [0.05, 0.1) is 0 Å². The van der Waals surface area contributed by atoms with Crippen LogP contribution in [0.3, 0.4) is 0 Å². The fourth-order valence-electron chi connectivity index (χ4n) is 2.10. The fourth-order valence-corrected chi connectivity index (χ4v) is 5.40. The number of rotatable bonds is 6. The maximum atomic E-state index is 9.13. The largest absolute Gasteiger partial charge is 0.492 e. The Labute approximate surface area is 121 Å². The number of hydrogen-bond acceptors (Lipinski definition) is 3. The molecule has 0 saturated heterocycles. The van der Waals surface area contributed by atoms with E-state index in [1.54, 1.807) is 0 Å². The highest BCUT2D eigenvalue weighted by molar-refractivity contribution is 7.73. The van der Waals surface area contributed by atoms with Crippen LogP contribution in [0.5, 0.6) is 0 Å². The third-order valence-electron chi connectivity index (χ3n) is 3.03. The van der Waals surface area contributed by atoms with Crippen molar-refractivity contribution in [3.8, 4) is 0 Å². The van der Waals surface area contributed by atoms with Crippen LogP contribution >= 0.6 is 7.92 Å². The summed E-state index contributed by atoms with van der Waals surface area (Å²) < 4.78 is 0. The molecule has 0 heterocycles. The summed E-state index contributed by atoms with van der Waals surface area (Å²) in [7, 11) is -4.43. The van der Waals surface area contributed by atoms with Gasteiger partial charge >= 0.3 is 8.80 Å². The molecule has 0 atom stereocenters. The summed E-state index contributed by atoms with van der Waals surface area (Å²) >= 11 is 0. The number of hydrogen-bond donors (Lipinski definition) is 3. The quantitative estimate of drug-likeness (QED) is 0.559. The van der Waals surface area contributed by atoms with E-state index in [2.05, 4.69) is 24.3 Å². The van der Waals surface area contributed by atoms with E-state index in [9.17, 15) is 0 Å². The molecule has 0 radical (unpaired) electrons. The first kappa shape index (κ1) is 15.4. The summed E-state index contributed by atoms with van der Waals surface area (Å²) in [6.07, 6.45) is 1.46. The van der Waals surface area contributed by atoms with Gasteiger partial charge in [-0.3, -0.25) is 0 Å². The van der Waals surface area contributed by atoms with Crippen LogP contribution in [0, 0.1) is 0 Å². The van der Waals surface area contributed by atoms with Crippen LogP contribution in [0.15, 0.2) is 60.7 Å². The normalized spacial score (nSPS) is 11.8. The minimum atomic E-state index is -3.92. The Bertz CT molecular complexity index is 474. The van der Waals surface area contributed by atoms with Crippen molar-refractivity contribution in [2.24, 2.45) is 0 Å². The molecule has 0 saturated carbocycles. The summed E-state index contributed by atoms with van der Waals surface area (Å²) in [5.74, 6) is 0. The molecule has 0 amide bonds. The zero-order valence-corrected chi connectivity index (χ0v) is 13.1. The van der Waals surface area contributed by atoms with Gasteiger partial charge in [0.25, 0.3) is 0 Å². The molecule has 0 spiro atoms. The van der Waals surface area contributed by atoms with Crippen molar-refractivity contribution in [2.75, 3.05) is 6.16 Å². The summed E-state index contributed by atoms with van der Waals surface area (Å²) in [5.41, 5.74) is 0. The lowest BCUT2D eigenvalue weighted by Gasteiger charge is -2.19. The predicted octanol–water partition coefficient (Wildman–Crippen LogP) is 1.43. The molecule has 0 fully saturated rings. The molecule has 5 heteroatoms. The minimum Gasteiger partial charge on any atom is -0.390 e. The van der Waals surface area contributed by atoms with Gasteiger partial charge in [0, 0.05) is 6.04 Å². The van der Waals surface area contributed by atoms with Gasteiger partial charge in [0.15, 0.2) is 0 Å². The van der Waals surface area contributed by atoms with Crippen LogP contribution in [0.2, 0.25) is 6.04 Å². The third kappa shape index (κ3) is 4.82. The van der Waals surface area contributed by atoms with E-state index < -0.39 is 16.7 Å². The van der Waals surface area contributed by atoms with Gasteiger partial charge in [-0.15, -0.1) is 0 Å². The molecule has 0 bridgehead atoms. The molecule has 0 aliphatic carbocycles. The Morgan fingerprint density at radius 1 is 0.750 bits per heavy atom. The first-order valence-electron chi connectivity index (χ1n) is 6.61. The van der Waals surface area contributed by atoms with E-state index in [1.165, 1.54) is 10.6 Å². The summed E-state index contributed by atoms with van der Waals surface area (Å²) in [4.78, 5) is 27.4. The first-order valence-corrected chi connectivity index (χ1v) is 10.2. The van der Waals surface area contributed by atoms with Gasteiger partial charge in [-0.25, -0.2) is 0 Å². The van der Waals surface area contributed by atoms with E-state index >= 15 is 0 Å².